The molecule has 0 aromatic heterocycles. The average molecular weight is 307 g/mol. The van der Waals surface area contributed by atoms with Crippen molar-refractivity contribution >= 4 is 17.4 Å². The number of hydrogen-bond acceptors (Lipinski definition) is 2. The number of anilines is 1. The van der Waals surface area contributed by atoms with Crippen molar-refractivity contribution in [1.82, 2.24) is 0 Å². The van der Waals surface area contributed by atoms with Gasteiger partial charge in [0.1, 0.15) is 5.76 Å². The van der Waals surface area contributed by atoms with Gasteiger partial charge in [-0.1, -0.05) is 30.3 Å². The van der Waals surface area contributed by atoms with Crippen LogP contribution in [0.15, 0.2) is 48.5 Å². The monoisotopic (exact) mass is 307 g/mol. The highest BCUT2D eigenvalue weighted by Crippen LogP contribution is 2.32. The summed E-state index contributed by atoms with van der Waals surface area (Å²) in [5.74, 6) is 0.393. The molecule has 1 N–H and O–H groups in total. The molecule has 2 aromatic rings. The number of nitrogens with zero attached hydrogens (tertiary/aromatic N) is 1. The number of aryl methyl sites for hydroxylation is 1. The number of aliphatic hydroxyl groups is 1. The molecule has 23 heavy (non-hydrogen) atoms. The lowest BCUT2D eigenvalue weighted by Gasteiger charge is -2.29. The Kier molecular flexibility index (Phi) is 4.20. The van der Waals surface area contributed by atoms with E-state index in [1.807, 2.05) is 42.2 Å². The third kappa shape index (κ3) is 3.00. The van der Waals surface area contributed by atoms with E-state index in [1.54, 1.807) is 13.0 Å². The Morgan fingerprint density at radius 3 is 2.48 bits per heavy atom. The summed E-state index contributed by atoms with van der Waals surface area (Å²) in [6.45, 7) is 4.24. The third-order valence-corrected chi connectivity index (χ3v) is 4.37. The van der Waals surface area contributed by atoms with Crippen molar-refractivity contribution in [2.24, 2.45) is 0 Å². The van der Waals surface area contributed by atoms with Crippen LogP contribution in [0, 0.1) is 0 Å². The highest BCUT2D eigenvalue weighted by atomic mass is 16.3. The smallest absolute Gasteiger partial charge is 0.223 e. The van der Waals surface area contributed by atoms with E-state index >= 15 is 0 Å². The fourth-order valence-electron chi connectivity index (χ4n) is 3.10. The Labute approximate surface area is 136 Å². The van der Waals surface area contributed by atoms with E-state index in [0.29, 0.717) is 5.76 Å². The fourth-order valence-corrected chi connectivity index (χ4v) is 3.10. The summed E-state index contributed by atoms with van der Waals surface area (Å²) < 4.78 is 0. The number of amides is 1. The number of rotatable bonds is 2. The SMILES string of the molecule is C/C=C(\O)c1ccc(-c2ccc3c(c2)CCCN3C(C)=O)cc1. The van der Waals surface area contributed by atoms with Gasteiger partial charge in [0.15, 0.2) is 0 Å². The molecular weight excluding hydrogens is 286 g/mol. The molecule has 0 saturated carbocycles. The maximum Gasteiger partial charge on any atom is 0.223 e. The van der Waals surface area contributed by atoms with Crippen molar-refractivity contribution in [3.8, 4) is 11.1 Å². The van der Waals surface area contributed by atoms with E-state index in [9.17, 15) is 9.90 Å². The van der Waals surface area contributed by atoms with Crippen molar-refractivity contribution in [3.05, 3.63) is 59.7 Å². The zero-order valence-electron chi connectivity index (χ0n) is 13.5. The zero-order chi connectivity index (χ0) is 16.4. The Balaban J connectivity index is 1.94. The quantitative estimate of drug-likeness (QED) is 0.826. The van der Waals surface area contributed by atoms with Crippen LogP contribution in [-0.2, 0) is 11.2 Å². The van der Waals surface area contributed by atoms with E-state index in [-0.39, 0.29) is 5.91 Å². The maximum absolute atomic E-state index is 11.7. The first-order valence-electron chi connectivity index (χ1n) is 7.97. The molecule has 0 unspecified atom stereocenters. The average Bonchev–Trinajstić information content (AvgIpc) is 2.60. The Morgan fingerprint density at radius 1 is 1.13 bits per heavy atom. The number of hydrogen-bond donors (Lipinski definition) is 1. The second kappa shape index (κ2) is 6.29. The minimum Gasteiger partial charge on any atom is -0.508 e. The van der Waals surface area contributed by atoms with Crippen molar-refractivity contribution in [3.63, 3.8) is 0 Å². The number of aliphatic hydroxyl groups excluding tert-OH is 1. The molecular formula is C20H21NO2. The van der Waals surface area contributed by atoms with Gasteiger partial charge in [-0.2, -0.15) is 0 Å². The Hall–Kier alpha value is -2.55. The molecule has 0 fully saturated rings. The molecule has 1 aliphatic heterocycles. The molecule has 118 valence electrons. The van der Waals surface area contributed by atoms with Crippen LogP contribution in [0.2, 0.25) is 0 Å². The lowest BCUT2D eigenvalue weighted by Crippen LogP contribution is -2.33. The lowest BCUT2D eigenvalue weighted by atomic mass is 9.95. The van der Waals surface area contributed by atoms with Crippen molar-refractivity contribution < 1.29 is 9.90 Å². The number of fused-ring (bicyclic) bond motifs is 1. The molecule has 3 heteroatoms. The van der Waals surface area contributed by atoms with Gasteiger partial charge < -0.3 is 10.0 Å². The fraction of sp³-hybridized carbons (Fsp3) is 0.250. The summed E-state index contributed by atoms with van der Waals surface area (Å²) in [6.07, 6.45) is 3.69. The van der Waals surface area contributed by atoms with Crippen LogP contribution in [0.4, 0.5) is 5.69 Å². The van der Waals surface area contributed by atoms with E-state index in [1.165, 1.54) is 5.56 Å². The number of carbonyl (C=O) groups excluding carboxylic acids is 1. The van der Waals surface area contributed by atoms with Crippen molar-refractivity contribution in [2.75, 3.05) is 11.4 Å². The maximum atomic E-state index is 11.7. The van der Waals surface area contributed by atoms with Gasteiger partial charge in [0.25, 0.3) is 0 Å². The summed E-state index contributed by atoms with van der Waals surface area (Å²) in [6, 6.07) is 14.2. The predicted octanol–water partition coefficient (Wildman–Crippen LogP) is 4.57. The largest absolute Gasteiger partial charge is 0.508 e. The molecule has 0 aliphatic carbocycles. The standard InChI is InChI=1S/C20H21NO2/c1-3-20(23)16-8-6-15(7-9-16)17-10-11-19-18(13-17)5-4-12-21(19)14(2)22/h3,6-11,13,23H,4-5,12H2,1-2H3/b20-3-. The summed E-state index contributed by atoms with van der Waals surface area (Å²) in [4.78, 5) is 13.6. The van der Waals surface area contributed by atoms with Crippen LogP contribution in [-0.4, -0.2) is 17.6 Å². The molecule has 1 aliphatic rings. The molecule has 1 heterocycles. The molecule has 0 bridgehead atoms. The van der Waals surface area contributed by atoms with Crippen molar-refractivity contribution in [2.45, 2.75) is 26.7 Å². The van der Waals surface area contributed by atoms with Crippen LogP contribution in [0.5, 0.6) is 0 Å². The van der Waals surface area contributed by atoms with Gasteiger partial charge >= 0.3 is 0 Å². The molecule has 1 amide bonds. The van der Waals surface area contributed by atoms with Gasteiger partial charge in [0.05, 0.1) is 0 Å². The second-order valence-corrected chi connectivity index (χ2v) is 5.87. The number of allylic oxidation sites excluding steroid dienone is 1. The molecule has 0 atom stereocenters. The summed E-state index contributed by atoms with van der Waals surface area (Å²) in [7, 11) is 0. The topological polar surface area (TPSA) is 40.5 Å². The van der Waals surface area contributed by atoms with E-state index in [4.69, 9.17) is 0 Å². The first kappa shape index (κ1) is 15.3. The van der Waals surface area contributed by atoms with Gasteiger partial charge in [0, 0.05) is 24.7 Å². The van der Waals surface area contributed by atoms with Gasteiger partial charge in [-0.3, -0.25) is 4.79 Å². The normalized spacial score (nSPS) is 14.5. The molecule has 0 radical (unpaired) electrons. The molecule has 3 rings (SSSR count). The molecule has 0 spiro atoms. The predicted molar refractivity (Wildman–Crippen MR) is 94.5 cm³/mol. The Morgan fingerprint density at radius 2 is 1.83 bits per heavy atom. The molecule has 0 saturated heterocycles. The minimum atomic E-state index is 0.102. The number of benzene rings is 2. The van der Waals surface area contributed by atoms with Crippen LogP contribution in [0.3, 0.4) is 0 Å². The highest BCUT2D eigenvalue weighted by molar-refractivity contribution is 5.93. The highest BCUT2D eigenvalue weighted by Gasteiger charge is 2.20. The summed E-state index contributed by atoms with van der Waals surface area (Å²) >= 11 is 0. The van der Waals surface area contributed by atoms with Gasteiger partial charge in [-0.15, -0.1) is 0 Å². The molecule has 3 nitrogen and oxygen atoms in total. The minimum absolute atomic E-state index is 0.102. The van der Waals surface area contributed by atoms with Gasteiger partial charge in [-0.25, -0.2) is 0 Å². The summed E-state index contributed by atoms with van der Waals surface area (Å²) in [5, 5.41) is 9.75. The third-order valence-electron chi connectivity index (χ3n) is 4.37. The first-order valence-corrected chi connectivity index (χ1v) is 7.97. The summed E-state index contributed by atoms with van der Waals surface area (Å²) in [5.41, 5.74) is 5.33. The van der Waals surface area contributed by atoms with Gasteiger partial charge in [0.2, 0.25) is 5.91 Å². The van der Waals surface area contributed by atoms with Crippen LogP contribution in [0.1, 0.15) is 31.4 Å². The van der Waals surface area contributed by atoms with Crippen LogP contribution < -0.4 is 4.90 Å². The van der Waals surface area contributed by atoms with Crippen LogP contribution in [0.25, 0.3) is 16.9 Å². The second-order valence-electron chi connectivity index (χ2n) is 5.87. The Bertz CT molecular complexity index is 760. The van der Waals surface area contributed by atoms with Crippen LogP contribution >= 0.6 is 0 Å². The van der Waals surface area contributed by atoms with Gasteiger partial charge in [-0.05, 0) is 54.7 Å². The van der Waals surface area contributed by atoms with E-state index in [0.717, 1.165) is 41.8 Å². The lowest BCUT2D eigenvalue weighted by molar-refractivity contribution is -0.116. The van der Waals surface area contributed by atoms with Crippen molar-refractivity contribution in [1.29, 1.82) is 0 Å². The molecule has 2 aromatic carbocycles. The van der Waals surface area contributed by atoms with E-state index in [2.05, 4.69) is 12.1 Å². The number of carbonyl (C=O) groups is 1. The zero-order valence-corrected chi connectivity index (χ0v) is 13.5. The van der Waals surface area contributed by atoms with E-state index < -0.39 is 0 Å². The first-order chi connectivity index (χ1) is 11.1.